The lowest BCUT2D eigenvalue weighted by atomic mass is 10.2. The van der Waals surface area contributed by atoms with Crippen molar-refractivity contribution >= 4 is 23.4 Å². The molecule has 7 nitrogen and oxygen atoms in total. The number of hydrogen-bond donors (Lipinski definition) is 0. The summed E-state index contributed by atoms with van der Waals surface area (Å²) in [5.74, 6) is 2.62. The molecule has 0 aliphatic heterocycles. The Morgan fingerprint density at radius 1 is 1.03 bits per heavy atom. The van der Waals surface area contributed by atoms with E-state index in [1.54, 1.807) is 18.9 Å². The largest absolute Gasteiger partial charge is 0.497 e. The van der Waals surface area contributed by atoms with Gasteiger partial charge in [-0.2, -0.15) is 0 Å². The van der Waals surface area contributed by atoms with Gasteiger partial charge in [0.25, 0.3) is 0 Å². The van der Waals surface area contributed by atoms with Crippen molar-refractivity contribution in [2.45, 2.75) is 49.1 Å². The van der Waals surface area contributed by atoms with Gasteiger partial charge in [-0.05, 0) is 56.2 Å². The van der Waals surface area contributed by atoms with Crippen LogP contribution < -0.4 is 4.74 Å². The third-order valence-corrected chi connectivity index (χ3v) is 7.25. The second kappa shape index (κ2) is 9.57. The van der Waals surface area contributed by atoms with Gasteiger partial charge in [0.2, 0.25) is 11.8 Å². The number of nitrogens with zero attached hydrogens (tertiary/aromatic N) is 5. The Labute approximate surface area is 201 Å². The van der Waals surface area contributed by atoms with Crippen molar-refractivity contribution in [3.63, 3.8) is 0 Å². The topological polar surface area (TPSA) is 78.9 Å². The molecule has 2 aromatic heterocycles. The zero-order valence-electron chi connectivity index (χ0n) is 18.4. The van der Waals surface area contributed by atoms with E-state index in [1.165, 1.54) is 12.8 Å². The Balaban J connectivity index is 1.42. The van der Waals surface area contributed by atoms with Gasteiger partial charge in [0.05, 0.1) is 17.4 Å². The number of rotatable bonds is 7. The van der Waals surface area contributed by atoms with Crippen molar-refractivity contribution in [3.8, 4) is 28.6 Å². The molecule has 33 heavy (non-hydrogen) atoms. The molecule has 0 saturated heterocycles. The van der Waals surface area contributed by atoms with Gasteiger partial charge >= 0.3 is 0 Å². The molecule has 1 aliphatic carbocycles. The van der Waals surface area contributed by atoms with Crippen LogP contribution >= 0.6 is 23.4 Å². The number of halogens is 1. The minimum Gasteiger partial charge on any atom is -0.497 e. The highest BCUT2D eigenvalue weighted by atomic mass is 35.5. The summed E-state index contributed by atoms with van der Waals surface area (Å²) >= 11 is 8.08. The average Bonchev–Trinajstić information content (AvgIpc) is 3.60. The van der Waals surface area contributed by atoms with E-state index >= 15 is 0 Å². The summed E-state index contributed by atoms with van der Waals surface area (Å²) in [6, 6.07) is 15.7. The van der Waals surface area contributed by atoms with Gasteiger partial charge in [-0.25, -0.2) is 0 Å². The number of aromatic nitrogens is 5. The molecule has 0 N–H and O–H groups in total. The van der Waals surface area contributed by atoms with Gasteiger partial charge in [0.15, 0.2) is 11.0 Å². The van der Waals surface area contributed by atoms with E-state index in [-0.39, 0.29) is 5.25 Å². The van der Waals surface area contributed by atoms with E-state index in [0.717, 1.165) is 40.7 Å². The van der Waals surface area contributed by atoms with Gasteiger partial charge in [-0.15, -0.1) is 20.4 Å². The minimum absolute atomic E-state index is 0.0899. The van der Waals surface area contributed by atoms with Crippen LogP contribution in [0.25, 0.3) is 22.8 Å². The molecule has 0 radical (unpaired) electrons. The standard InChI is InChI=1S/C24H24ClN5O2S/c1-15(22-27-28-23(32-22)16-11-13-18(31-2)14-12-16)33-24-29-26-21(19-9-5-6-10-20(19)25)30(24)17-7-3-4-8-17/h5-6,9-15,17H,3-4,7-8H2,1-2H3. The first-order valence-electron chi connectivity index (χ1n) is 11.0. The molecule has 1 aliphatic rings. The monoisotopic (exact) mass is 481 g/mol. The van der Waals surface area contributed by atoms with Crippen LogP contribution in [0, 0.1) is 0 Å². The molecule has 2 aromatic carbocycles. The van der Waals surface area contributed by atoms with Gasteiger partial charge in [-0.3, -0.25) is 4.57 Å². The van der Waals surface area contributed by atoms with Crippen LogP contribution in [-0.4, -0.2) is 32.1 Å². The molecular formula is C24H24ClN5O2S. The normalized spacial score (nSPS) is 15.1. The van der Waals surface area contributed by atoms with E-state index in [9.17, 15) is 0 Å². The zero-order chi connectivity index (χ0) is 22.8. The van der Waals surface area contributed by atoms with Crippen molar-refractivity contribution in [2.24, 2.45) is 0 Å². The number of ether oxygens (including phenoxy) is 1. The quantitative estimate of drug-likeness (QED) is 0.274. The molecular weight excluding hydrogens is 458 g/mol. The summed E-state index contributed by atoms with van der Waals surface area (Å²) in [5, 5.41) is 19.0. The molecule has 2 heterocycles. The van der Waals surface area contributed by atoms with Gasteiger partial charge in [-0.1, -0.05) is 48.3 Å². The fourth-order valence-electron chi connectivity index (χ4n) is 4.13. The lowest BCUT2D eigenvalue weighted by Gasteiger charge is -2.18. The summed E-state index contributed by atoms with van der Waals surface area (Å²) in [5.41, 5.74) is 1.75. The maximum Gasteiger partial charge on any atom is 0.247 e. The molecule has 1 saturated carbocycles. The summed E-state index contributed by atoms with van der Waals surface area (Å²) in [4.78, 5) is 0. The van der Waals surface area contributed by atoms with Crippen LogP contribution in [0.15, 0.2) is 58.1 Å². The Bertz CT molecular complexity index is 1230. The maximum absolute atomic E-state index is 6.50. The predicted molar refractivity (Wildman–Crippen MR) is 129 cm³/mol. The molecule has 1 fully saturated rings. The number of methoxy groups -OCH3 is 1. The SMILES string of the molecule is COc1ccc(-c2nnc(C(C)Sc3nnc(-c4ccccc4Cl)n3C3CCCC3)o2)cc1. The van der Waals surface area contributed by atoms with Crippen molar-refractivity contribution in [1.82, 2.24) is 25.0 Å². The van der Waals surface area contributed by atoms with Crippen LogP contribution in [0.1, 0.15) is 49.8 Å². The van der Waals surface area contributed by atoms with Crippen molar-refractivity contribution < 1.29 is 9.15 Å². The van der Waals surface area contributed by atoms with Gasteiger partial charge in [0, 0.05) is 17.2 Å². The molecule has 170 valence electrons. The van der Waals surface area contributed by atoms with Gasteiger partial charge in [0.1, 0.15) is 5.75 Å². The second-order valence-corrected chi connectivity index (χ2v) is 9.74. The van der Waals surface area contributed by atoms with E-state index in [4.69, 9.17) is 20.8 Å². The first-order chi connectivity index (χ1) is 16.1. The van der Waals surface area contributed by atoms with Gasteiger partial charge < -0.3 is 9.15 Å². The summed E-state index contributed by atoms with van der Waals surface area (Å²) < 4.78 is 13.5. The molecule has 0 spiro atoms. The Kier molecular flexibility index (Phi) is 6.37. The van der Waals surface area contributed by atoms with E-state index in [0.29, 0.717) is 22.8 Å². The summed E-state index contributed by atoms with van der Waals surface area (Å²) in [7, 11) is 1.64. The highest BCUT2D eigenvalue weighted by Gasteiger charge is 2.28. The highest BCUT2D eigenvalue weighted by molar-refractivity contribution is 7.99. The van der Waals surface area contributed by atoms with Crippen LogP contribution in [-0.2, 0) is 0 Å². The van der Waals surface area contributed by atoms with E-state index < -0.39 is 0 Å². The molecule has 4 aromatic rings. The third-order valence-electron chi connectivity index (χ3n) is 5.88. The number of hydrogen-bond acceptors (Lipinski definition) is 7. The first kappa shape index (κ1) is 22.0. The second-order valence-electron chi connectivity index (χ2n) is 8.03. The summed E-state index contributed by atoms with van der Waals surface area (Å²) in [6.45, 7) is 2.04. The van der Waals surface area contributed by atoms with Crippen LogP contribution in [0.4, 0.5) is 0 Å². The van der Waals surface area contributed by atoms with E-state index in [2.05, 4.69) is 25.0 Å². The molecule has 5 rings (SSSR count). The van der Waals surface area contributed by atoms with Crippen LogP contribution in [0.3, 0.4) is 0 Å². The fraction of sp³-hybridized carbons (Fsp3) is 0.333. The first-order valence-corrected chi connectivity index (χ1v) is 12.2. The number of benzene rings is 2. The lowest BCUT2D eigenvalue weighted by Crippen LogP contribution is -2.09. The Hall–Kier alpha value is -2.84. The van der Waals surface area contributed by atoms with Crippen LogP contribution in [0.5, 0.6) is 5.75 Å². The minimum atomic E-state index is -0.0899. The number of thioether (sulfide) groups is 1. The average molecular weight is 482 g/mol. The predicted octanol–water partition coefficient (Wildman–Crippen LogP) is 6.63. The fourth-order valence-corrected chi connectivity index (χ4v) is 5.30. The Morgan fingerprint density at radius 2 is 1.79 bits per heavy atom. The van der Waals surface area contributed by atoms with Crippen molar-refractivity contribution in [2.75, 3.05) is 7.11 Å². The molecule has 9 heteroatoms. The third kappa shape index (κ3) is 4.50. The Morgan fingerprint density at radius 3 is 2.52 bits per heavy atom. The molecule has 1 unspecified atom stereocenters. The lowest BCUT2D eigenvalue weighted by molar-refractivity contribution is 0.415. The van der Waals surface area contributed by atoms with Crippen molar-refractivity contribution in [3.05, 3.63) is 59.4 Å². The highest BCUT2D eigenvalue weighted by Crippen LogP contribution is 2.41. The van der Waals surface area contributed by atoms with Crippen molar-refractivity contribution in [1.29, 1.82) is 0 Å². The van der Waals surface area contributed by atoms with E-state index in [1.807, 2.05) is 55.5 Å². The molecule has 1 atom stereocenters. The zero-order valence-corrected chi connectivity index (χ0v) is 20.0. The summed E-state index contributed by atoms with van der Waals surface area (Å²) in [6.07, 6.45) is 4.64. The van der Waals surface area contributed by atoms with Crippen LogP contribution in [0.2, 0.25) is 5.02 Å². The smallest absolute Gasteiger partial charge is 0.247 e. The molecule has 0 amide bonds. The molecule has 0 bridgehead atoms. The maximum atomic E-state index is 6.50.